The fourth-order valence-electron chi connectivity index (χ4n) is 1.93. The molecule has 0 aliphatic rings. The number of rotatable bonds is 4. The second-order valence-corrected chi connectivity index (χ2v) is 6.81. The third-order valence-corrected chi connectivity index (χ3v) is 4.29. The minimum atomic E-state index is -3.23. The van der Waals surface area contributed by atoms with Crippen LogP contribution in [0.15, 0.2) is 23.1 Å². The molecule has 0 fully saturated rings. The maximum absolute atomic E-state index is 11.7. The summed E-state index contributed by atoms with van der Waals surface area (Å²) in [5.41, 5.74) is 1.34. The van der Waals surface area contributed by atoms with Gasteiger partial charge in [-0.1, -0.05) is 26.3 Å². The Bertz CT molecular complexity index is 659. The van der Waals surface area contributed by atoms with Crippen molar-refractivity contribution in [2.24, 2.45) is 5.92 Å². The fraction of sp³-hybridized carbons (Fsp3) is 0.462. The SMILES string of the molecule is CCC(C)Cc1nc2c(S(C)(=O)=O)cccc2[nH]1. The second kappa shape index (κ2) is 4.72. The van der Waals surface area contributed by atoms with Crippen molar-refractivity contribution in [3.63, 3.8) is 0 Å². The van der Waals surface area contributed by atoms with Gasteiger partial charge in [-0.15, -0.1) is 0 Å². The Balaban J connectivity index is 2.52. The lowest BCUT2D eigenvalue weighted by Crippen LogP contribution is -2.00. The number of hydrogen-bond donors (Lipinski definition) is 1. The molecule has 1 aromatic heterocycles. The third kappa shape index (κ3) is 2.56. The van der Waals surface area contributed by atoms with Crippen LogP contribution in [-0.4, -0.2) is 24.6 Å². The summed E-state index contributed by atoms with van der Waals surface area (Å²) in [7, 11) is -3.23. The molecule has 0 bridgehead atoms. The molecular weight excluding hydrogens is 248 g/mol. The maximum Gasteiger partial charge on any atom is 0.177 e. The summed E-state index contributed by atoms with van der Waals surface area (Å²) in [6.45, 7) is 4.29. The van der Waals surface area contributed by atoms with Gasteiger partial charge in [0.05, 0.1) is 10.4 Å². The van der Waals surface area contributed by atoms with E-state index in [4.69, 9.17) is 0 Å². The summed E-state index contributed by atoms with van der Waals surface area (Å²) in [5.74, 6) is 1.39. The number of benzene rings is 1. The predicted octanol–water partition coefficient (Wildman–Crippen LogP) is 2.56. The zero-order chi connectivity index (χ0) is 13.3. The van der Waals surface area contributed by atoms with Crippen LogP contribution in [0, 0.1) is 5.92 Å². The number of aromatic amines is 1. The molecule has 0 amide bonds. The Labute approximate surface area is 107 Å². The lowest BCUT2D eigenvalue weighted by Gasteiger charge is -2.03. The van der Waals surface area contributed by atoms with Crippen LogP contribution in [0.2, 0.25) is 0 Å². The van der Waals surface area contributed by atoms with E-state index in [1.54, 1.807) is 12.1 Å². The summed E-state index contributed by atoms with van der Waals surface area (Å²) in [6.07, 6.45) is 3.13. The van der Waals surface area contributed by atoms with Crippen molar-refractivity contribution in [3.05, 3.63) is 24.0 Å². The summed E-state index contributed by atoms with van der Waals surface area (Å²) in [5, 5.41) is 0. The zero-order valence-electron chi connectivity index (χ0n) is 10.9. The molecule has 0 aliphatic heterocycles. The first-order chi connectivity index (χ1) is 8.41. The Morgan fingerprint density at radius 3 is 2.72 bits per heavy atom. The Morgan fingerprint density at radius 2 is 2.11 bits per heavy atom. The summed E-state index contributed by atoms with van der Waals surface area (Å²) in [4.78, 5) is 7.93. The number of imidazole rings is 1. The van der Waals surface area contributed by atoms with E-state index in [0.717, 1.165) is 24.2 Å². The normalized spacial score (nSPS) is 13.9. The molecule has 0 spiro atoms. The van der Waals surface area contributed by atoms with Crippen molar-refractivity contribution in [2.45, 2.75) is 31.6 Å². The van der Waals surface area contributed by atoms with Gasteiger partial charge in [-0.25, -0.2) is 13.4 Å². The van der Waals surface area contributed by atoms with Crippen LogP contribution < -0.4 is 0 Å². The highest BCUT2D eigenvalue weighted by Gasteiger charge is 2.15. The average Bonchev–Trinajstić information content (AvgIpc) is 2.68. The van der Waals surface area contributed by atoms with E-state index in [2.05, 4.69) is 23.8 Å². The van der Waals surface area contributed by atoms with Gasteiger partial charge in [0.15, 0.2) is 9.84 Å². The van der Waals surface area contributed by atoms with Crippen molar-refractivity contribution in [3.8, 4) is 0 Å². The van der Waals surface area contributed by atoms with Crippen LogP contribution in [0.3, 0.4) is 0 Å². The summed E-state index contributed by atoms with van der Waals surface area (Å²) in [6, 6.07) is 5.20. The lowest BCUT2D eigenvalue weighted by atomic mass is 10.1. The molecule has 1 aromatic carbocycles. The highest BCUT2D eigenvalue weighted by atomic mass is 32.2. The number of nitrogens with one attached hydrogen (secondary N) is 1. The van der Waals surface area contributed by atoms with Crippen molar-refractivity contribution < 1.29 is 8.42 Å². The van der Waals surface area contributed by atoms with E-state index in [-0.39, 0.29) is 0 Å². The topological polar surface area (TPSA) is 62.8 Å². The van der Waals surface area contributed by atoms with Crippen LogP contribution in [-0.2, 0) is 16.3 Å². The Kier molecular flexibility index (Phi) is 3.43. The highest BCUT2D eigenvalue weighted by Crippen LogP contribution is 2.22. The molecule has 0 saturated heterocycles. The first-order valence-electron chi connectivity index (χ1n) is 6.09. The van der Waals surface area contributed by atoms with Crippen molar-refractivity contribution in [1.29, 1.82) is 0 Å². The van der Waals surface area contributed by atoms with Crippen LogP contribution in [0.5, 0.6) is 0 Å². The van der Waals surface area contributed by atoms with Crippen molar-refractivity contribution in [2.75, 3.05) is 6.26 Å². The molecule has 18 heavy (non-hydrogen) atoms. The van der Waals surface area contributed by atoms with Gasteiger partial charge in [0, 0.05) is 12.7 Å². The molecule has 2 aromatic rings. The molecule has 4 nitrogen and oxygen atoms in total. The molecular formula is C13H18N2O2S. The highest BCUT2D eigenvalue weighted by molar-refractivity contribution is 7.91. The van der Waals surface area contributed by atoms with E-state index in [1.165, 1.54) is 6.26 Å². The lowest BCUT2D eigenvalue weighted by molar-refractivity contribution is 0.547. The maximum atomic E-state index is 11.7. The van der Waals surface area contributed by atoms with Gasteiger partial charge in [-0.05, 0) is 18.1 Å². The Morgan fingerprint density at radius 1 is 1.39 bits per heavy atom. The number of sulfone groups is 1. The third-order valence-electron chi connectivity index (χ3n) is 3.16. The van der Waals surface area contributed by atoms with Crippen LogP contribution in [0.1, 0.15) is 26.1 Å². The molecule has 0 radical (unpaired) electrons. The van der Waals surface area contributed by atoms with E-state index < -0.39 is 9.84 Å². The Hall–Kier alpha value is -1.36. The number of H-pyrrole nitrogens is 1. The van der Waals surface area contributed by atoms with Crippen LogP contribution >= 0.6 is 0 Å². The summed E-state index contributed by atoms with van der Waals surface area (Å²) < 4.78 is 23.4. The molecule has 0 aliphatic carbocycles. The van der Waals surface area contributed by atoms with Crippen molar-refractivity contribution in [1.82, 2.24) is 9.97 Å². The second-order valence-electron chi connectivity index (χ2n) is 4.83. The van der Waals surface area contributed by atoms with Gasteiger partial charge in [-0.3, -0.25) is 0 Å². The van der Waals surface area contributed by atoms with E-state index in [0.29, 0.717) is 16.3 Å². The van der Waals surface area contributed by atoms with Gasteiger partial charge in [0.2, 0.25) is 0 Å². The standard InChI is InChI=1S/C13H18N2O2S/c1-4-9(2)8-12-14-10-6-5-7-11(13(10)15-12)18(3,16)17/h5-7,9H,4,8H2,1-3H3,(H,14,15). The monoisotopic (exact) mass is 266 g/mol. The minimum absolute atomic E-state index is 0.298. The van der Waals surface area contributed by atoms with Gasteiger partial charge < -0.3 is 4.98 Å². The average molecular weight is 266 g/mol. The smallest absolute Gasteiger partial charge is 0.177 e. The number of nitrogens with zero attached hydrogens (tertiary/aromatic N) is 1. The largest absolute Gasteiger partial charge is 0.342 e. The molecule has 0 saturated carbocycles. The fourth-order valence-corrected chi connectivity index (χ4v) is 2.76. The first kappa shape index (κ1) is 13.1. The quantitative estimate of drug-likeness (QED) is 0.925. The molecule has 1 atom stereocenters. The molecule has 5 heteroatoms. The molecule has 1 N–H and O–H groups in total. The number of hydrogen-bond acceptors (Lipinski definition) is 3. The summed E-state index contributed by atoms with van der Waals surface area (Å²) >= 11 is 0. The minimum Gasteiger partial charge on any atom is -0.342 e. The number of fused-ring (bicyclic) bond motifs is 1. The van der Waals surface area contributed by atoms with E-state index in [9.17, 15) is 8.42 Å². The molecule has 1 heterocycles. The van der Waals surface area contributed by atoms with E-state index in [1.807, 2.05) is 6.07 Å². The van der Waals surface area contributed by atoms with E-state index >= 15 is 0 Å². The molecule has 1 unspecified atom stereocenters. The van der Waals surface area contributed by atoms with Gasteiger partial charge in [0.25, 0.3) is 0 Å². The molecule has 98 valence electrons. The van der Waals surface area contributed by atoms with Gasteiger partial charge >= 0.3 is 0 Å². The van der Waals surface area contributed by atoms with Gasteiger partial charge in [0.1, 0.15) is 11.3 Å². The predicted molar refractivity (Wildman–Crippen MR) is 72.4 cm³/mol. The number of para-hydroxylation sites is 1. The zero-order valence-corrected chi connectivity index (χ0v) is 11.7. The number of aromatic nitrogens is 2. The van der Waals surface area contributed by atoms with Crippen LogP contribution in [0.4, 0.5) is 0 Å². The van der Waals surface area contributed by atoms with Crippen LogP contribution in [0.25, 0.3) is 11.0 Å². The molecule has 2 rings (SSSR count). The first-order valence-corrected chi connectivity index (χ1v) is 7.98. The van der Waals surface area contributed by atoms with Crippen molar-refractivity contribution >= 4 is 20.9 Å². The van der Waals surface area contributed by atoms with Gasteiger partial charge in [-0.2, -0.15) is 0 Å².